The van der Waals surface area contributed by atoms with Crippen LogP contribution in [-0.4, -0.2) is 38.1 Å². The molecule has 0 bridgehead atoms. The van der Waals surface area contributed by atoms with Gasteiger partial charge >= 0.3 is 5.97 Å². The predicted molar refractivity (Wildman–Crippen MR) is 71.6 cm³/mol. The Balaban J connectivity index is 0.00000289. The lowest BCUT2D eigenvalue weighted by molar-refractivity contribution is -0.143. The Hall–Kier alpha value is -0.810. The molecule has 106 valence electrons. The second-order valence-electron chi connectivity index (χ2n) is 4.41. The maximum Gasteiger partial charge on any atom is 0.305 e. The Kier molecular flexibility index (Phi) is 8.75. The monoisotopic (exact) mass is 278 g/mol. The fourth-order valence-corrected chi connectivity index (χ4v) is 1.72. The molecule has 5 nitrogen and oxygen atoms in total. The van der Waals surface area contributed by atoms with E-state index in [2.05, 4.69) is 10.6 Å². The minimum absolute atomic E-state index is 0. The first-order chi connectivity index (χ1) is 8.15. The zero-order valence-corrected chi connectivity index (χ0v) is 11.8. The molecule has 6 heteroatoms. The summed E-state index contributed by atoms with van der Waals surface area (Å²) in [6, 6.07) is 0. The molecule has 1 atom stereocenters. The number of rotatable bonds is 7. The molecule has 0 saturated carbocycles. The smallest absolute Gasteiger partial charge is 0.305 e. The minimum Gasteiger partial charge on any atom is -0.466 e. The quantitative estimate of drug-likeness (QED) is 0.532. The average Bonchev–Trinajstić information content (AvgIpc) is 2.22. The molecule has 1 aliphatic heterocycles. The lowest BCUT2D eigenvalue weighted by Crippen LogP contribution is -2.49. The van der Waals surface area contributed by atoms with E-state index < -0.39 is 0 Å². The molecule has 0 aromatic heterocycles. The molecule has 0 aliphatic carbocycles. The molecular formula is C12H23ClN2O3. The number of halogens is 1. The van der Waals surface area contributed by atoms with Gasteiger partial charge in [0.1, 0.15) is 0 Å². The van der Waals surface area contributed by atoms with Crippen LogP contribution in [-0.2, 0) is 14.3 Å². The van der Waals surface area contributed by atoms with Crippen LogP contribution in [0, 0.1) is 11.8 Å². The van der Waals surface area contributed by atoms with Crippen molar-refractivity contribution in [3.05, 3.63) is 0 Å². The summed E-state index contributed by atoms with van der Waals surface area (Å²) in [5.41, 5.74) is 0. The third-order valence-electron chi connectivity index (χ3n) is 3.10. The summed E-state index contributed by atoms with van der Waals surface area (Å²) in [4.78, 5) is 22.7. The van der Waals surface area contributed by atoms with Crippen LogP contribution in [0.5, 0.6) is 0 Å². The van der Waals surface area contributed by atoms with Crippen LogP contribution in [0.15, 0.2) is 0 Å². The van der Waals surface area contributed by atoms with Crippen molar-refractivity contribution in [3.8, 4) is 0 Å². The van der Waals surface area contributed by atoms with Crippen LogP contribution in [0.1, 0.15) is 26.7 Å². The fraction of sp³-hybridized carbons (Fsp3) is 0.833. The SMILES string of the molecule is CCOC(=O)CCCNC(=O)C(C)C1CNC1.Cl. The summed E-state index contributed by atoms with van der Waals surface area (Å²) >= 11 is 0. The lowest BCUT2D eigenvalue weighted by atomic mass is 9.88. The molecule has 2 N–H and O–H groups in total. The lowest BCUT2D eigenvalue weighted by Gasteiger charge is -2.31. The van der Waals surface area contributed by atoms with E-state index in [-0.39, 0.29) is 30.2 Å². The molecule has 0 aromatic rings. The average molecular weight is 279 g/mol. The molecule has 0 aromatic carbocycles. The number of hydrogen-bond donors (Lipinski definition) is 2. The second kappa shape index (κ2) is 9.16. The van der Waals surface area contributed by atoms with Crippen molar-refractivity contribution in [1.29, 1.82) is 0 Å². The van der Waals surface area contributed by atoms with Crippen LogP contribution in [0.2, 0.25) is 0 Å². The van der Waals surface area contributed by atoms with Gasteiger partial charge in [0.05, 0.1) is 6.61 Å². The summed E-state index contributed by atoms with van der Waals surface area (Å²) in [6.07, 6.45) is 1.01. The van der Waals surface area contributed by atoms with Gasteiger partial charge in [-0.15, -0.1) is 12.4 Å². The summed E-state index contributed by atoms with van der Waals surface area (Å²) in [6.45, 7) is 6.55. The van der Waals surface area contributed by atoms with Crippen LogP contribution in [0.3, 0.4) is 0 Å². The standard InChI is InChI=1S/C12H22N2O3.ClH/c1-3-17-11(15)5-4-6-14-12(16)9(2)10-7-13-8-10;/h9-10,13H,3-8H2,1-2H3,(H,14,16);1H. The molecule has 1 rings (SSSR count). The highest BCUT2D eigenvalue weighted by Gasteiger charge is 2.28. The first kappa shape index (κ1) is 17.2. The van der Waals surface area contributed by atoms with E-state index in [1.807, 2.05) is 6.92 Å². The summed E-state index contributed by atoms with van der Waals surface area (Å²) in [5.74, 6) is 0.400. The molecular weight excluding hydrogens is 256 g/mol. The van der Waals surface area contributed by atoms with Crippen molar-refractivity contribution in [3.63, 3.8) is 0 Å². The fourth-order valence-electron chi connectivity index (χ4n) is 1.72. The van der Waals surface area contributed by atoms with Crippen LogP contribution < -0.4 is 10.6 Å². The molecule has 0 spiro atoms. The van der Waals surface area contributed by atoms with Crippen LogP contribution >= 0.6 is 12.4 Å². The molecule has 1 unspecified atom stereocenters. The van der Waals surface area contributed by atoms with Gasteiger partial charge in [0.15, 0.2) is 0 Å². The molecule has 1 fully saturated rings. The number of carbonyl (C=O) groups is 2. The predicted octanol–water partition coefficient (Wildman–Crippen LogP) is 0.723. The highest BCUT2D eigenvalue weighted by molar-refractivity contribution is 5.85. The van der Waals surface area contributed by atoms with E-state index in [1.54, 1.807) is 6.92 Å². The van der Waals surface area contributed by atoms with E-state index in [1.165, 1.54) is 0 Å². The molecule has 1 heterocycles. The van der Waals surface area contributed by atoms with Crippen molar-refractivity contribution in [2.45, 2.75) is 26.7 Å². The van der Waals surface area contributed by atoms with Crippen molar-refractivity contribution < 1.29 is 14.3 Å². The van der Waals surface area contributed by atoms with Crippen LogP contribution in [0.4, 0.5) is 0 Å². The maximum atomic E-state index is 11.7. The van der Waals surface area contributed by atoms with Crippen molar-refractivity contribution >= 4 is 24.3 Å². The van der Waals surface area contributed by atoms with Gasteiger partial charge in [0.25, 0.3) is 0 Å². The van der Waals surface area contributed by atoms with E-state index in [9.17, 15) is 9.59 Å². The minimum atomic E-state index is -0.196. The molecule has 1 aliphatic rings. The number of hydrogen-bond acceptors (Lipinski definition) is 4. The number of amides is 1. The Morgan fingerprint density at radius 3 is 2.61 bits per heavy atom. The van der Waals surface area contributed by atoms with Gasteiger partial charge in [-0.1, -0.05) is 6.92 Å². The van der Waals surface area contributed by atoms with Gasteiger partial charge < -0.3 is 15.4 Å². The highest BCUT2D eigenvalue weighted by Crippen LogP contribution is 2.15. The molecule has 1 saturated heterocycles. The van der Waals surface area contributed by atoms with E-state index >= 15 is 0 Å². The zero-order chi connectivity index (χ0) is 12.7. The molecule has 1 amide bonds. The number of nitrogens with one attached hydrogen (secondary N) is 2. The second-order valence-corrected chi connectivity index (χ2v) is 4.41. The number of carbonyl (C=O) groups excluding carboxylic acids is 2. The summed E-state index contributed by atoms with van der Waals surface area (Å²) in [5, 5.41) is 6.01. The highest BCUT2D eigenvalue weighted by atomic mass is 35.5. The van der Waals surface area contributed by atoms with Gasteiger partial charge in [-0.25, -0.2) is 0 Å². The number of esters is 1. The Bertz CT molecular complexity index is 270. The number of ether oxygens (including phenoxy) is 1. The van der Waals surface area contributed by atoms with Crippen molar-refractivity contribution in [1.82, 2.24) is 10.6 Å². The van der Waals surface area contributed by atoms with Gasteiger partial charge in [0, 0.05) is 18.9 Å². The summed E-state index contributed by atoms with van der Waals surface area (Å²) in [7, 11) is 0. The Morgan fingerprint density at radius 2 is 2.11 bits per heavy atom. The Morgan fingerprint density at radius 1 is 1.44 bits per heavy atom. The topological polar surface area (TPSA) is 67.4 Å². The van der Waals surface area contributed by atoms with Crippen LogP contribution in [0.25, 0.3) is 0 Å². The van der Waals surface area contributed by atoms with E-state index in [0.29, 0.717) is 31.9 Å². The van der Waals surface area contributed by atoms with Gasteiger partial charge in [0.2, 0.25) is 5.91 Å². The largest absolute Gasteiger partial charge is 0.466 e. The van der Waals surface area contributed by atoms with Gasteiger partial charge in [-0.3, -0.25) is 9.59 Å². The molecule has 18 heavy (non-hydrogen) atoms. The van der Waals surface area contributed by atoms with Gasteiger partial charge in [-0.2, -0.15) is 0 Å². The molecule has 0 radical (unpaired) electrons. The first-order valence-electron chi connectivity index (χ1n) is 6.29. The summed E-state index contributed by atoms with van der Waals surface area (Å²) < 4.78 is 4.80. The first-order valence-corrected chi connectivity index (χ1v) is 6.29. The van der Waals surface area contributed by atoms with Gasteiger partial charge in [-0.05, 0) is 32.4 Å². The van der Waals surface area contributed by atoms with E-state index in [0.717, 1.165) is 13.1 Å². The normalized spacial score (nSPS) is 16.1. The third-order valence-corrected chi connectivity index (χ3v) is 3.10. The Labute approximate surface area is 114 Å². The zero-order valence-electron chi connectivity index (χ0n) is 11.0. The third kappa shape index (κ3) is 5.69. The van der Waals surface area contributed by atoms with E-state index in [4.69, 9.17) is 4.74 Å². The maximum absolute atomic E-state index is 11.7. The van der Waals surface area contributed by atoms with Crippen molar-refractivity contribution in [2.24, 2.45) is 11.8 Å². The van der Waals surface area contributed by atoms with Crippen molar-refractivity contribution in [2.75, 3.05) is 26.2 Å².